The number of nitrogens with one attached hydrogen (secondary N) is 1. The molecule has 1 heterocycles. The highest BCUT2D eigenvalue weighted by molar-refractivity contribution is 14.0. The summed E-state index contributed by atoms with van der Waals surface area (Å²) in [7, 11) is 0.614. The maximum Gasteiger partial charge on any atom is 0.193 e. The van der Waals surface area contributed by atoms with E-state index in [2.05, 4.69) is 15.2 Å². The highest BCUT2D eigenvalue weighted by Gasteiger charge is 2.28. The first kappa shape index (κ1) is 23.9. The van der Waals surface area contributed by atoms with Crippen LogP contribution in [0.3, 0.4) is 0 Å². The molecule has 6 nitrogen and oxygen atoms in total. The van der Waals surface area contributed by atoms with Crippen LogP contribution in [0.25, 0.3) is 0 Å². The van der Waals surface area contributed by atoms with E-state index in [9.17, 15) is 8.42 Å². The second kappa shape index (κ2) is 10.8. The van der Waals surface area contributed by atoms with E-state index in [1.165, 1.54) is 0 Å². The molecule has 0 aromatic heterocycles. The van der Waals surface area contributed by atoms with Gasteiger partial charge in [0.25, 0.3) is 0 Å². The third-order valence-electron chi connectivity index (χ3n) is 4.37. The third-order valence-corrected chi connectivity index (χ3v) is 6.98. The van der Waals surface area contributed by atoms with Crippen molar-refractivity contribution < 1.29 is 13.2 Å². The number of ether oxygens (including phenoxy) is 1. The Hall–Kier alpha value is -0.0900. The Morgan fingerprint density at radius 2 is 1.88 bits per heavy atom. The van der Waals surface area contributed by atoms with Crippen LogP contribution in [0.5, 0.6) is 0 Å². The van der Waals surface area contributed by atoms with E-state index in [1.54, 1.807) is 27.8 Å². The lowest BCUT2D eigenvalue weighted by atomic mass is 9.96. The van der Waals surface area contributed by atoms with Crippen molar-refractivity contribution in [2.24, 2.45) is 10.9 Å². The van der Waals surface area contributed by atoms with Crippen LogP contribution >= 0.6 is 24.0 Å². The van der Waals surface area contributed by atoms with E-state index in [1.807, 2.05) is 7.05 Å². The summed E-state index contributed by atoms with van der Waals surface area (Å²) in [5.41, 5.74) is 0. The first-order valence-corrected chi connectivity index (χ1v) is 10.0. The Morgan fingerprint density at radius 1 is 1.29 bits per heavy atom. The highest BCUT2D eigenvalue weighted by atomic mass is 127. The fourth-order valence-corrected chi connectivity index (χ4v) is 3.49. The predicted molar refractivity (Wildman–Crippen MR) is 111 cm³/mol. The predicted octanol–water partition coefficient (Wildman–Crippen LogP) is 2.14. The van der Waals surface area contributed by atoms with Gasteiger partial charge in [-0.25, -0.2) is 8.42 Å². The lowest BCUT2D eigenvalue weighted by Gasteiger charge is -2.27. The highest BCUT2D eigenvalue weighted by Crippen LogP contribution is 2.18. The zero-order valence-electron chi connectivity index (χ0n) is 15.7. The molecule has 0 unspecified atom stereocenters. The number of hydrogen-bond acceptors (Lipinski definition) is 4. The van der Waals surface area contributed by atoms with Crippen molar-refractivity contribution in [3.63, 3.8) is 0 Å². The van der Waals surface area contributed by atoms with Gasteiger partial charge in [0.15, 0.2) is 15.8 Å². The second-order valence-corrected chi connectivity index (χ2v) is 10.0. The van der Waals surface area contributed by atoms with Crippen LogP contribution in [0.1, 0.15) is 40.0 Å². The van der Waals surface area contributed by atoms with E-state index >= 15 is 0 Å². The van der Waals surface area contributed by atoms with E-state index in [0.717, 1.165) is 45.0 Å². The Bertz CT molecular complexity index is 483. The summed E-state index contributed by atoms with van der Waals surface area (Å²) in [6, 6.07) is 0. The minimum Gasteiger partial charge on any atom is -0.381 e. The number of hydrogen-bond donors (Lipinski definition) is 1. The van der Waals surface area contributed by atoms with Gasteiger partial charge in [-0.3, -0.25) is 4.99 Å². The molecular weight excluding hydrogens is 441 g/mol. The molecule has 0 saturated carbocycles. The third kappa shape index (κ3) is 7.86. The monoisotopic (exact) mass is 475 g/mol. The SMILES string of the molecule is CN=C(NCCS(=O)(=O)C(C)(C)C)N(C)CCC1CCOCC1.I. The second-order valence-electron chi connectivity index (χ2n) is 7.17. The van der Waals surface area contributed by atoms with Crippen LogP contribution in [-0.4, -0.2) is 70.2 Å². The van der Waals surface area contributed by atoms with Gasteiger partial charge >= 0.3 is 0 Å². The number of sulfone groups is 1. The molecule has 0 amide bonds. The van der Waals surface area contributed by atoms with Gasteiger partial charge in [-0.15, -0.1) is 24.0 Å². The van der Waals surface area contributed by atoms with Crippen LogP contribution < -0.4 is 5.32 Å². The minimum atomic E-state index is -3.11. The van der Waals surface area contributed by atoms with Crippen molar-refractivity contribution in [2.45, 2.75) is 44.8 Å². The molecule has 0 bridgehead atoms. The van der Waals surface area contributed by atoms with Crippen LogP contribution in [0.15, 0.2) is 4.99 Å². The van der Waals surface area contributed by atoms with Gasteiger partial charge in [0.05, 0.1) is 10.5 Å². The van der Waals surface area contributed by atoms with Crippen molar-refractivity contribution >= 4 is 39.8 Å². The average Bonchev–Trinajstić information content (AvgIpc) is 2.49. The zero-order valence-corrected chi connectivity index (χ0v) is 18.8. The van der Waals surface area contributed by atoms with E-state index < -0.39 is 14.6 Å². The summed E-state index contributed by atoms with van der Waals surface area (Å²) in [6.45, 7) is 8.23. The smallest absolute Gasteiger partial charge is 0.193 e. The lowest BCUT2D eigenvalue weighted by Crippen LogP contribution is -2.43. The van der Waals surface area contributed by atoms with Crippen LogP contribution in [0.4, 0.5) is 0 Å². The van der Waals surface area contributed by atoms with Gasteiger partial charge < -0.3 is 15.0 Å². The summed E-state index contributed by atoms with van der Waals surface area (Å²) in [6.07, 6.45) is 3.37. The fourth-order valence-electron chi connectivity index (χ4n) is 2.51. The standard InChI is InChI=1S/C16H33N3O3S.HI/c1-16(2,3)23(20,21)13-9-18-15(17-4)19(5)10-6-14-7-11-22-12-8-14;/h14H,6-13H2,1-5H3,(H,17,18);1H. The van der Waals surface area contributed by atoms with Gasteiger partial charge in [0.2, 0.25) is 0 Å². The van der Waals surface area contributed by atoms with Crippen molar-refractivity contribution in [2.75, 3.05) is 46.2 Å². The first-order valence-electron chi connectivity index (χ1n) is 8.39. The number of rotatable bonds is 6. The molecule has 8 heteroatoms. The van der Waals surface area contributed by atoms with Gasteiger partial charge in [0.1, 0.15) is 0 Å². The number of nitrogens with zero attached hydrogens (tertiary/aromatic N) is 2. The molecule has 1 aliphatic heterocycles. The van der Waals surface area contributed by atoms with Crippen LogP contribution in [0.2, 0.25) is 0 Å². The molecule has 0 aromatic rings. The van der Waals surface area contributed by atoms with E-state index in [-0.39, 0.29) is 29.7 Å². The first-order chi connectivity index (χ1) is 10.7. The quantitative estimate of drug-likeness (QED) is 0.362. The Kier molecular flexibility index (Phi) is 10.8. The average molecular weight is 475 g/mol. The molecule has 0 aliphatic carbocycles. The largest absolute Gasteiger partial charge is 0.381 e. The maximum atomic E-state index is 12.1. The van der Waals surface area contributed by atoms with Crippen molar-refractivity contribution in [1.29, 1.82) is 0 Å². The summed E-state index contributed by atoms with van der Waals surface area (Å²) in [5.74, 6) is 1.58. The summed E-state index contributed by atoms with van der Waals surface area (Å²) < 4.78 is 28.9. The van der Waals surface area contributed by atoms with Gasteiger partial charge in [-0.1, -0.05) is 0 Å². The van der Waals surface area contributed by atoms with E-state index in [4.69, 9.17) is 4.74 Å². The zero-order chi connectivity index (χ0) is 17.5. The molecule has 0 spiro atoms. The Labute approximate surface area is 164 Å². The van der Waals surface area contributed by atoms with Gasteiger partial charge in [-0.2, -0.15) is 0 Å². The molecule has 0 atom stereocenters. The summed E-state index contributed by atoms with van der Waals surface area (Å²) in [5, 5.41) is 3.16. The number of aliphatic imine (C=N–C) groups is 1. The topological polar surface area (TPSA) is 71.0 Å². The summed E-state index contributed by atoms with van der Waals surface area (Å²) in [4.78, 5) is 6.31. The van der Waals surface area contributed by atoms with Crippen molar-refractivity contribution in [3.8, 4) is 0 Å². The minimum absolute atomic E-state index is 0. The normalized spacial score (nSPS) is 17.3. The molecule has 1 fully saturated rings. The molecule has 0 aromatic carbocycles. The van der Waals surface area contributed by atoms with E-state index in [0.29, 0.717) is 12.5 Å². The lowest BCUT2D eigenvalue weighted by molar-refractivity contribution is 0.0625. The molecule has 1 saturated heterocycles. The van der Waals surface area contributed by atoms with Crippen LogP contribution in [0, 0.1) is 5.92 Å². The molecule has 144 valence electrons. The fraction of sp³-hybridized carbons (Fsp3) is 0.938. The number of halogens is 1. The Morgan fingerprint density at radius 3 is 2.38 bits per heavy atom. The van der Waals surface area contributed by atoms with Gasteiger partial charge in [0, 0.05) is 40.4 Å². The number of guanidine groups is 1. The molecule has 1 N–H and O–H groups in total. The molecular formula is C16H34IN3O3S. The Balaban J connectivity index is 0.00000529. The van der Waals surface area contributed by atoms with Gasteiger partial charge in [-0.05, 0) is 46.0 Å². The maximum absolute atomic E-state index is 12.1. The van der Waals surface area contributed by atoms with Crippen molar-refractivity contribution in [3.05, 3.63) is 0 Å². The summed E-state index contributed by atoms with van der Waals surface area (Å²) >= 11 is 0. The van der Waals surface area contributed by atoms with Crippen molar-refractivity contribution in [1.82, 2.24) is 10.2 Å². The molecule has 24 heavy (non-hydrogen) atoms. The van der Waals surface area contributed by atoms with Crippen LogP contribution in [-0.2, 0) is 14.6 Å². The molecule has 0 radical (unpaired) electrons. The molecule has 1 rings (SSSR count). The molecule has 1 aliphatic rings.